The standard InChI is InChI=1S/C37H43N5O7/c1-17(2)30(40-31(43)18(3)38-35(47)49-16-20-12-8-5-9-13-20)33(45)39-23(14-19-10-6-4-7-11-19)32(44)41-37-27-22-15-21-24-25(22)29(37)28(24)36(48,26(21)27)34(46)42-37/h4-13,17-18,21-30,48H,14-16H2,1-3H3,(H,38,47)(H,39,45)(H,40,43)(H,41,44)(H,42,46). The van der Waals surface area contributed by atoms with Gasteiger partial charge in [0.25, 0.3) is 5.91 Å². The van der Waals surface area contributed by atoms with Crippen LogP contribution in [0, 0.1) is 53.3 Å². The topological polar surface area (TPSA) is 175 Å². The summed E-state index contributed by atoms with van der Waals surface area (Å²) in [6.07, 6.45) is 0.412. The number of hydrogen-bond donors (Lipinski definition) is 6. The maximum atomic E-state index is 14.3. The molecule has 2 aliphatic heterocycles. The molecule has 258 valence electrons. The highest BCUT2D eigenvalue weighted by Gasteiger charge is 2.95. The molecule has 2 saturated heterocycles. The Hall–Kier alpha value is -4.45. The summed E-state index contributed by atoms with van der Waals surface area (Å²) in [5, 5.41) is 26.2. The van der Waals surface area contributed by atoms with Gasteiger partial charge in [0.05, 0.1) is 0 Å². The summed E-state index contributed by atoms with van der Waals surface area (Å²) >= 11 is 0. The lowest BCUT2D eigenvalue weighted by Gasteiger charge is -2.63. The van der Waals surface area contributed by atoms with Crippen LogP contribution in [0.3, 0.4) is 0 Å². The van der Waals surface area contributed by atoms with E-state index >= 15 is 0 Å². The molecule has 5 saturated carbocycles. The van der Waals surface area contributed by atoms with Crippen LogP contribution in [-0.4, -0.2) is 64.2 Å². The Bertz CT molecular complexity index is 1700. The maximum Gasteiger partial charge on any atom is 0.408 e. The van der Waals surface area contributed by atoms with E-state index in [1.54, 1.807) is 13.8 Å². The molecular weight excluding hydrogens is 626 g/mol. The molecule has 0 spiro atoms. The van der Waals surface area contributed by atoms with E-state index in [4.69, 9.17) is 4.74 Å². The van der Waals surface area contributed by atoms with Crippen LogP contribution in [-0.2, 0) is 36.9 Å². The first-order chi connectivity index (χ1) is 23.5. The molecule has 2 heterocycles. The molecule has 2 aromatic rings. The number of carbonyl (C=O) groups is 5. The van der Waals surface area contributed by atoms with Crippen LogP contribution >= 0.6 is 0 Å². The van der Waals surface area contributed by atoms with Crippen molar-refractivity contribution in [1.29, 1.82) is 0 Å². The third-order valence-corrected chi connectivity index (χ3v) is 12.7. The highest BCUT2D eigenvalue weighted by atomic mass is 16.5. The zero-order chi connectivity index (χ0) is 34.4. The lowest BCUT2D eigenvalue weighted by molar-refractivity contribution is -0.214. The number of nitrogens with one attached hydrogen (secondary N) is 5. The van der Waals surface area contributed by atoms with Crippen LogP contribution in [0.2, 0.25) is 0 Å². The average Bonchev–Trinajstić information content (AvgIpc) is 3.63. The van der Waals surface area contributed by atoms with Gasteiger partial charge in [0.1, 0.15) is 36.0 Å². The molecule has 12 nitrogen and oxygen atoms in total. The van der Waals surface area contributed by atoms with Crippen molar-refractivity contribution in [2.45, 2.75) is 69.6 Å². The third-order valence-electron chi connectivity index (χ3n) is 12.7. The number of amides is 5. The molecule has 0 aromatic heterocycles. The molecule has 7 aliphatic rings. The lowest BCUT2D eigenvalue weighted by atomic mass is 9.50. The van der Waals surface area contributed by atoms with Crippen molar-refractivity contribution >= 4 is 29.7 Å². The van der Waals surface area contributed by atoms with Gasteiger partial charge in [0, 0.05) is 30.1 Å². The van der Waals surface area contributed by atoms with Crippen molar-refractivity contribution in [2.24, 2.45) is 53.3 Å². The smallest absolute Gasteiger partial charge is 0.408 e. The molecule has 49 heavy (non-hydrogen) atoms. The van der Waals surface area contributed by atoms with E-state index in [1.165, 1.54) is 6.92 Å². The summed E-state index contributed by atoms with van der Waals surface area (Å²) in [7, 11) is 0. The zero-order valence-corrected chi connectivity index (χ0v) is 27.7. The van der Waals surface area contributed by atoms with Crippen molar-refractivity contribution in [3.8, 4) is 0 Å². The summed E-state index contributed by atoms with van der Waals surface area (Å²) in [6, 6.07) is 15.5. The quantitative estimate of drug-likeness (QED) is 0.197. The van der Waals surface area contributed by atoms with Gasteiger partial charge in [-0.1, -0.05) is 74.5 Å². The van der Waals surface area contributed by atoms with E-state index in [9.17, 15) is 29.1 Å². The van der Waals surface area contributed by atoms with Gasteiger partial charge < -0.3 is 36.4 Å². The molecular formula is C37H43N5O7. The summed E-state index contributed by atoms with van der Waals surface area (Å²) in [5.41, 5.74) is -0.650. The molecule has 9 rings (SSSR count). The van der Waals surface area contributed by atoms with Crippen LogP contribution in [0.15, 0.2) is 60.7 Å². The van der Waals surface area contributed by atoms with Crippen molar-refractivity contribution in [1.82, 2.24) is 26.6 Å². The van der Waals surface area contributed by atoms with Crippen LogP contribution in [0.4, 0.5) is 4.79 Å². The Morgan fingerprint density at radius 3 is 2.12 bits per heavy atom. The molecule has 13 unspecified atom stereocenters. The molecule has 13 atom stereocenters. The van der Waals surface area contributed by atoms with Crippen molar-refractivity contribution in [3.63, 3.8) is 0 Å². The van der Waals surface area contributed by atoms with Crippen LogP contribution in [0.1, 0.15) is 38.3 Å². The second kappa shape index (κ2) is 11.3. The molecule has 2 aromatic carbocycles. The number of ether oxygens (including phenoxy) is 1. The third kappa shape index (κ3) is 4.55. The van der Waals surface area contributed by atoms with Gasteiger partial charge in [-0.15, -0.1) is 0 Å². The molecule has 7 fully saturated rings. The summed E-state index contributed by atoms with van der Waals surface area (Å²) in [6.45, 7) is 5.10. The number of rotatable bonds is 12. The summed E-state index contributed by atoms with van der Waals surface area (Å²) in [4.78, 5) is 67.1. The van der Waals surface area contributed by atoms with Gasteiger partial charge in [0.15, 0.2) is 0 Å². The van der Waals surface area contributed by atoms with Gasteiger partial charge in [-0.05, 0) is 54.1 Å². The predicted molar refractivity (Wildman–Crippen MR) is 175 cm³/mol. The minimum atomic E-state index is -1.34. The number of benzene rings is 2. The summed E-state index contributed by atoms with van der Waals surface area (Å²) in [5.74, 6) is -1.19. The van der Waals surface area contributed by atoms with Crippen molar-refractivity contribution in [3.05, 3.63) is 71.8 Å². The minimum Gasteiger partial charge on any atom is -0.445 e. The Labute approximate surface area is 284 Å². The average molecular weight is 670 g/mol. The van der Waals surface area contributed by atoms with Crippen molar-refractivity contribution < 1.29 is 33.8 Å². The number of piperidine rings is 2. The molecule has 5 aliphatic carbocycles. The fourth-order valence-corrected chi connectivity index (χ4v) is 11.1. The first-order valence-corrected chi connectivity index (χ1v) is 17.4. The number of alkyl carbamates (subject to hydrolysis) is 1. The molecule has 6 N–H and O–H groups in total. The van der Waals surface area contributed by atoms with E-state index in [0.717, 1.165) is 17.5 Å². The van der Waals surface area contributed by atoms with Gasteiger partial charge in [0.2, 0.25) is 17.7 Å². The van der Waals surface area contributed by atoms with E-state index in [2.05, 4.69) is 26.6 Å². The summed E-state index contributed by atoms with van der Waals surface area (Å²) < 4.78 is 5.23. The molecule has 4 bridgehead atoms. The minimum absolute atomic E-state index is 0.0213. The van der Waals surface area contributed by atoms with Crippen LogP contribution in [0.25, 0.3) is 0 Å². The maximum absolute atomic E-state index is 14.3. The van der Waals surface area contributed by atoms with Gasteiger partial charge >= 0.3 is 6.09 Å². The Balaban J connectivity index is 0.958. The Morgan fingerprint density at radius 2 is 1.45 bits per heavy atom. The fraction of sp³-hybridized carbons (Fsp3) is 0.541. The van der Waals surface area contributed by atoms with E-state index in [1.807, 2.05) is 60.7 Å². The normalized spacial score (nSPS) is 36.5. The van der Waals surface area contributed by atoms with E-state index in [0.29, 0.717) is 23.7 Å². The number of carbonyl (C=O) groups excluding carboxylic acids is 5. The van der Waals surface area contributed by atoms with Crippen LogP contribution in [0.5, 0.6) is 0 Å². The largest absolute Gasteiger partial charge is 0.445 e. The SMILES string of the molecule is CC(NC(=O)OCc1ccccc1)C(=O)NC(C(=O)NC(Cc1ccccc1)C(=O)NC12NC(=O)C3(O)C4C5CC(C6C5C3C61)C42)C(C)C. The molecule has 5 amide bonds. The van der Waals surface area contributed by atoms with Gasteiger partial charge in [-0.2, -0.15) is 0 Å². The van der Waals surface area contributed by atoms with E-state index in [-0.39, 0.29) is 48.5 Å². The first kappa shape index (κ1) is 31.8. The Kier molecular flexibility index (Phi) is 7.33. The molecule has 0 radical (unpaired) electrons. The highest BCUT2D eigenvalue weighted by molar-refractivity contribution is 5.96. The van der Waals surface area contributed by atoms with Crippen LogP contribution < -0.4 is 26.6 Å². The first-order valence-electron chi connectivity index (χ1n) is 17.4. The van der Waals surface area contributed by atoms with Crippen molar-refractivity contribution in [2.75, 3.05) is 0 Å². The second-order valence-corrected chi connectivity index (χ2v) is 15.4. The number of fused-ring (bicyclic) bond motifs is 1. The highest BCUT2D eigenvalue weighted by Crippen LogP contribution is 2.88. The number of hydrogen-bond acceptors (Lipinski definition) is 7. The lowest BCUT2D eigenvalue weighted by Crippen LogP contribution is -2.85. The molecule has 12 heteroatoms. The second-order valence-electron chi connectivity index (χ2n) is 15.4. The fourth-order valence-electron chi connectivity index (χ4n) is 11.1. The van der Waals surface area contributed by atoms with E-state index < -0.39 is 53.2 Å². The zero-order valence-electron chi connectivity index (χ0n) is 27.7. The Morgan fingerprint density at radius 1 is 0.816 bits per heavy atom. The van der Waals surface area contributed by atoms with Gasteiger partial charge in [-0.3, -0.25) is 19.2 Å². The number of aliphatic hydroxyl groups is 1. The van der Waals surface area contributed by atoms with Gasteiger partial charge in [-0.25, -0.2) is 4.79 Å². The monoisotopic (exact) mass is 669 g/mol. The predicted octanol–water partition coefficient (Wildman–Crippen LogP) is 1.23.